The molecule has 5 nitrogen and oxygen atoms in total. The summed E-state index contributed by atoms with van der Waals surface area (Å²) in [7, 11) is -5.14. The quantitative estimate of drug-likeness (QED) is 0.461. The van der Waals surface area contributed by atoms with Crippen molar-refractivity contribution >= 4 is 13.6 Å². The number of aliphatic carboxylic acids is 1. The summed E-state index contributed by atoms with van der Waals surface area (Å²) in [6.45, 7) is 0. The van der Waals surface area contributed by atoms with Crippen molar-refractivity contribution < 1.29 is 28.6 Å². The van der Waals surface area contributed by atoms with Gasteiger partial charge in [0.2, 0.25) is 5.91 Å². The Bertz CT molecular complexity index is 160. The van der Waals surface area contributed by atoms with E-state index in [1.165, 1.54) is 0 Å². The third-order valence-electron chi connectivity index (χ3n) is 0.490. The summed E-state index contributed by atoms with van der Waals surface area (Å²) in [5.74, 6) is -5.61. The van der Waals surface area contributed by atoms with E-state index in [0.29, 0.717) is 0 Å². The van der Waals surface area contributed by atoms with E-state index in [9.17, 15) is 18.9 Å². The first kappa shape index (κ1) is 8.55. The smallest absolute Gasteiger partial charge is 0.365 e. The Morgan fingerprint density at radius 1 is 1.67 bits per heavy atom. The van der Waals surface area contributed by atoms with Crippen molar-refractivity contribution in [2.45, 2.75) is 5.91 Å². The monoisotopic (exact) mass is 157 g/mol. The van der Waals surface area contributed by atoms with Crippen molar-refractivity contribution in [1.82, 2.24) is 0 Å². The first-order valence-corrected chi connectivity index (χ1v) is 3.44. The Balaban J connectivity index is 4.23. The highest BCUT2D eigenvalue weighted by atomic mass is 31.2. The number of carbonyl (C=O) groups excluding carboxylic acids is 1. The lowest BCUT2D eigenvalue weighted by Crippen LogP contribution is -2.32. The summed E-state index contributed by atoms with van der Waals surface area (Å²) in [6.07, 6.45) is 0. The molecule has 7 heteroatoms. The minimum absolute atomic E-state index is 2.40. The summed E-state index contributed by atoms with van der Waals surface area (Å²) < 4.78 is 21.3. The van der Waals surface area contributed by atoms with Crippen LogP contribution < -0.4 is 5.11 Å². The van der Waals surface area contributed by atoms with Crippen LogP contribution in [0.15, 0.2) is 0 Å². The van der Waals surface area contributed by atoms with Gasteiger partial charge in [-0.3, -0.25) is 4.57 Å². The van der Waals surface area contributed by atoms with Gasteiger partial charge >= 0.3 is 7.60 Å². The standard InChI is InChI=1S/C2H4FO5P/c3-1(2(4)5)9(6,7)8/h1H,(H,4,5)(H2,6,7,8)/p-1. The summed E-state index contributed by atoms with van der Waals surface area (Å²) in [5, 5.41) is 9.37. The Morgan fingerprint density at radius 3 is 2.00 bits per heavy atom. The van der Waals surface area contributed by atoms with Crippen LogP contribution in [0.2, 0.25) is 0 Å². The van der Waals surface area contributed by atoms with Crippen LogP contribution in [0.25, 0.3) is 0 Å². The molecule has 0 saturated heterocycles. The van der Waals surface area contributed by atoms with Crippen molar-refractivity contribution in [3.05, 3.63) is 0 Å². The molecule has 0 bridgehead atoms. The average Bonchev–Trinajstić information content (AvgIpc) is 1.62. The normalized spacial score (nSPS) is 15.0. The van der Waals surface area contributed by atoms with E-state index < -0.39 is 19.5 Å². The molecule has 0 heterocycles. The molecule has 0 spiro atoms. The molecule has 54 valence electrons. The summed E-state index contributed by atoms with van der Waals surface area (Å²) in [6, 6.07) is 0. The number of carboxylic acid groups (broad SMARTS) is 1. The molecule has 0 fully saturated rings. The molecular weight excluding hydrogens is 154 g/mol. The number of hydrogen-bond acceptors (Lipinski definition) is 3. The minimum Gasteiger partial charge on any atom is -0.546 e. The van der Waals surface area contributed by atoms with Gasteiger partial charge in [0.05, 0.1) is 5.97 Å². The van der Waals surface area contributed by atoms with Crippen LogP contribution in [0.3, 0.4) is 0 Å². The fraction of sp³-hybridized carbons (Fsp3) is 0.500. The van der Waals surface area contributed by atoms with Crippen molar-refractivity contribution in [2.75, 3.05) is 0 Å². The fourth-order valence-electron chi connectivity index (χ4n) is 0.137. The molecule has 0 rings (SSSR count). The molecule has 0 aromatic carbocycles. The van der Waals surface area contributed by atoms with Gasteiger partial charge in [-0.1, -0.05) is 0 Å². The van der Waals surface area contributed by atoms with Crippen molar-refractivity contribution in [1.29, 1.82) is 0 Å². The van der Waals surface area contributed by atoms with Crippen molar-refractivity contribution in [3.8, 4) is 0 Å². The SMILES string of the molecule is O=C([O-])C(F)P(=O)(O)O. The van der Waals surface area contributed by atoms with Gasteiger partial charge in [-0.05, 0) is 0 Å². The van der Waals surface area contributed by atoms with E-state index in [2.05, 4.69) is 0 Å². The second-order valence-corrected chi connectivity index (χ2v) is 2.88. The maximum absolute atomic E-state index is 11.6. The van der Waals surface area contributed by atoms with Gasteiger partial charge in [-0.2, -0.15) is 0 Å². The molecule has 2 N–H and O–H groups in total. The van der Waals surface area contributed by atoms with E-state index in [1.807, 2.05) is 0 Å². The minimum atomic E-state index is -5.14. The van der Waals surface area contributed by atoms with Gasteiger partial charge in [0.1, 0.15) is 0 Å². The highest BCUT2D eigenvalue weighted by molar-refractivity contribution is 7.53. The van der Waals surface area contributed by atoms with E-state index >= 15 is 0 Å². The summed E-state index contributed by atoms with van der Waals surface area (Å²) in [5.41, 5.74) is 0. The first-order valence-electron chi connectivity index (χ1n) is 1.76. The topological polar surface area (TPSA) is 97.7 Å². The zero-order valence-electron chi connectivity index (χ0n) is 4.02. The number of carbonyl (C=O) groups is 1. The van der Waals surface area contributed by atoms with Gasteiger partial charge in [0.25, 0.3) is 0 Å². The molecule has 0 saturated carbocycles. The lowest BCUT2D eigenvalue weighted by Gasteiger charge is -2.09. The lowest BCUT2D eigenvalue weighted by molar-refractivity contribution is -0.308. The molecule has 0 aliphatic carbocycles. The van der Waals surface area contributed by atoms with Crippen LogP contribution in [0.4, 0.5) is 4.39 Å². The van der Waals surface area contributed by atoms with Gasteiger partial charge in [-0.15, -0.1) is 0 Å². The van der Waals surface area contributed by atoms with Crippen LogP contribution in [-0.4, -0.2) is 21.7 Å². The van der Waals surface area contributed by atoms with E-state index in [1.54, 1.807) is 0 Å². The number of rotatable bonds is 2. The second kappa shape index (κ2) is 2.43. The Kier molecular flexibility index (Phi) is 2.31. The van der Waals surface area contributed by atoms with Gasteiger partial charge in [0.15, 0.2) is 0 Å². The molecule has 0 aromatic rings. The van der Waals surface area contributed by atoms with Crippen LogP contribution in [-0.2, 0) is 9.36 Å². The van der Waals surface area contributed by atoms with Crippen LogP contribution in [0, 0.1) is 0 Å². The molecule has 0 radical (unpaired) electrons. The van der Waals surface area contributed by atoms with Gasteiger partial charge in [-0.25, -0.2) is 4.39 Å². The molecule has 9 heavy (non-hydrogen) atoms. The lowest BCUT2D eigenvalue weighted by atomic mass is 10.8. The average molecular weight is 157 g/mol. The molecule has 1 atom stereocenters. The Hall–Kier alpha value is -0.450. The zero-order valence-corrected chi connectivity index (χ0v) is 4.92. The van der Waals surface area contributed by atoms with E-state index in [4.69, 9.17) is 9.79 Å². The molecular formula is C2H3FO5P-. The third-order valence-corrected chi connectivity index (χ3v) is 1.29. The largest absolute Gasteiger partial charge is 0.546 e. The summed E-state index contributed by atoms with van der Waals surface area (Å²) >= 11 is 0. The maximum Gasteiger partial charge on any atom is 0.365 e. The van der Waals surface area contributed by atoms with Crippen LogP contribution in [0.5, 0.6) is 0 Å². The van der Waals surface area contributed by atoms with Crippen molar-refractivity contribution in [3.63, 3.8) is 0 Å². The number of halogens is 1. The van der Waals surface area contributed by atoms with Crippen molar-refractivity contribution in [2.24, 2.45) is 0 Å². The Morgan fingerprint density at radius 2 is 2.00 bits per heavy atom. The van der Waals surface area contributed by atoms with Crippen LogP contribution >= 0.6 is 7.60 Å². The third kappa shape index (κ3) is 2.55. The highest BCUT2D eigenvalue weighted by Crippen LogP contribution is 2.41. The maximum atomic E-state index is 11.6. The van der Waals surface area contributed by atoms with Crippen LogP contribution in [0.1, 0.15) is 0 Å². The van der Waals surface area contributed by atoms with E-state index in [-0.39, 0.29) is 0 Å². The molecule has 0 aliphatic heterocycles. The molecule has 0 amide bonds. The van der Waals surface area contributed by atoms with Gasteiger partial charge in [0, 0.05) is 0 Å². The first-order chi connectivity index (χ1) is 3.85. The second-order valence-electron chi connectivity index (χ2n) is 1.24. The summed E-state index contributed by atoms with van der Waals surface area (Å²) in [4.78, 5) is 24.9. The molecule has 0 aliphatic rings. The number of carboxylic acids is 1. The number of alkyl halides is 1. The highest BCUT2D eigenvalue weighted by Gasteiger charge is 2.29. The predicted molar refractivity (Wildman–Crippen MR) is 21.9 cm³/mol. The molecule has 1 unspecified atom stereocenters. The van der Waals surface area contributed by atoms with Gasteiger partial charge < -0.3 is 19.7 Å². The fourth-order valence-corrected chi connectivity index (χ4v) is 0.412. The zero-order chi connectivity index (χ0) is 7.65. The Labute approximate surface area is 49.3 Å². The molecule has 0 aromatic heterocycles. The predicted octanol–water partition coefficient (Wildman–Crippen LogP) is -1.79. The van der Waals surface area contributed by atoms with E-state index in [0.717, 1.165) is 0 Å². The number of hydrogen-bond donors (Lipinski definition) is 2.